The lowest BCUT2D eigenvalue weighted by molar-refractivity contribution is -0.139. The second-order valence-electron chi connectivity index (χ2n) is 6.75. The van der Waals surface area contributed by atoms with E-state index in [1.165, 1.54) is 31.6 Å². The molecule has 1 aliphatic carbocycles. The number of anilines is 1. The van der Waals surface area contributed by atoms with Crippen molar-refractivity contribution in [3.05, 3.63) is 71.2 Å². The number of methoxy groups -OCH3 is 2. The van der Waals surface area contributed by atoms with Crippen LogP contribution in [0.3, 0.4) is 0 Å². The van der Waals surface area contributed by atoms with E-state index in [-0.39, 0.29) is 11.3 Å². The van der Waals surface area contributed by atoms with Crippen LogP contribution in [0.4, 0.5) is 5.69 Å². The van der Waals surface area contributed by atoms with Gasteiger partial charge < -0.3 is 14.4 Å². The Bertz CT molecular complexity index is 1040. The normalized spacial score (nSPS) is 15.3. The summed E-state index contributed by atoms with van der Waals surface area (Å²) in [5.74, 6) is -1.24. The van der Waals surface area contributed by atoms with Crippen LogP contribution in [0, 0.1) is 0 Å². The van der Waals surface area contributed by atoms with Crippen molar-refractivity contribution in [1.29, 1.82) is 0 Å². The zero-order chi connectivity index (χ0) is 20.4. The number of aryl methyl sites for hydroxylation is 1. The number of H-pyrrole nitrogens is 1. The van der Waals surface area contributed by atoms with Crippen LogP contribution in [-0.2, 0) is 31.9 Å². The summed E-state index contributed by atoms with van der Waals surface area (Å²) in [5.41, 5.74) is 5.39. The van der Waals surface area contributed by atoms with E-state index in [1.54, 1.807) is 23.3 Å². The van der Waals surface area contributed by atoms with Gasteiger partial charge in [-0.2, -0.15) is 5.10 Å². The first-order valence-electron chi connectivity index (χ1n) is 9.35. The fourth-order valence-electron chi connectivity index (χ4n) is 3.70. The monoisotopic (exact) mass is 391 g/mol. The molecular formula is C22H21N3O4. The highest BCUT2D eigenvalue weighted by molar-refractivity contribution is 6.05. The molecule has 148 valence electrons. The number of ether oxygens (including phenoxy) is 2. The first-order valence-corrected chi connectivity index (χ1v) is 9.35. The van der Waals surface area contributed by atoms with Crippen LogP contribution < -0.4 is 4.90 Å². The summed E-state index contributed by atoms with van der Waals surface area (Å²) in [4.78, 5) is 26.4. The molecule has 2 aromatic rings. The lowest BCUT2D eigenvalue weighted by Crippen LogP contribution is -2.26. The predicted octanol–water partition coefficient (Wildman–Crippen LogP) is 3.06. The Balaban J connectivity index is 1.74. The van der Waals surface area contributed by atoms with Crippen molar-refractivity contribution in [2.75, 3.05) is 19.1 Å². The molecule has 2 heterocycles. The van der Waals surface area contributed by atoms with Gasteiger partial charge in [0.1, 0.15) is 5.70 Å². The third kappa shape index (κ3) is 3.35. The van der Waals surface area contributed by atoms with E-state index in [9.17, 15) is 9.59 Å². The molecule has 1 N–H and O–H groups in total. The highest BCUT2D eigenvalue weighted by atomic mass is 16.5. The first kappa shape index (κ1) is 18.7. The van der Waals surface area contributed by atoms with Crippen LogP contribution in [0.25, 0.3) is 11.3 Å². The molecule has 7 heteroatoms. The number of nitrogens with one attached hydrogen (secondary N) is 1. The minimum Gasteiger partial charge on any atom is -0.465 e. The van der Waals surface area contributed by atoms with Gasteiger partial charge >= 0.3 is 11.9 Å². The van der Waals surface area contributed by atoms with Gasteiger partial charge in [0.25, 0.3) is 0 Å². The van der Waals surface area contributed by atoms with E-state index in [0.717, 1.165) is 30.5 Å². The number of hydrogen-bond donors (Lipinski definition) is 1. The second kappa shape index (κ2) is 7.79. The van der Waals surface area contributed by atoms with Crippen molar-refractivity contribution in [3.63, 3.8) is 0 Å². The molecule has 1 aliphatic heterocycles. The summed E-state index contributed by atoms with van der Waals surface area (Å²) in [7, 11) is 2.56. The van der Waals surface area contributed by atoms with Gasteiger partial charge in [0, 0.05) is 28.7 Å². The third-order valence-electron chi connectivity index (χ3n) is 5.11. The number of hydrogen-bond acceptors (Lipinski definition) is 6. The number of aromatic amines is 1. The molecular weight excluding hydrogens is 370 g/mol. The molecule has 0 radical (unpaired) electrons. The smallest absolute Gasteiger partial charge is 0.355 e. The molecule has 1 aromatic heterocycles. The summed E-state index contributed by atoms with van der Waals surface area (Å²) >= 11 is 0. The van der Waals surface area contributed by atoms with Gasteiger partial charge in [-0.15, -0.1) is 0 Å². The van der Waals surface area contributed by atoms with Gasteiger partial charge in [-0.1, -0.05) is 18.2 Å². The van der Waals surface area contributed by atoms with Crippen LogP contribution in [0.5, 0.6) is 0 Å². The van der Waals surface area contributed by atoms with Gasteiger partial charge in [-0.3, -0.25) is 5.10 Å². The molecule has 0 saturated carbocycles. The van der Waals surface area contributed by atoms with Gasteiger partial charge in [0.15, 0.2) is 0 Å². The number of carbonyl (C=O) groups excluding carboxylic acids is 2. The topological polar surface area (TPSA) is 84.5 Å². The molecule has 7 nitrogen and oxygen atoms in total. The number of aromatic nitrogens is 2. The fraction of sp³-hybridized carbons (Fsp3) is 0.227. The van der Waals surface area contributed by atoms with E-state index in [2.05, 4.69) is 10.2 Å². The Labute approximate surface area is 168 Å². The lowest BCUT2D eigenvalue weighted by Gasteiger charge is -2.23. The SMILES string of the molecule is COC(=O)C1=C(C(=O)OC)N(c2ccc(-c3n[nH]c4c3CCC4)cc2)C=CC=C1. The van der Waals surface area contributed by atoms with Crippen LogP contribution in [0.15, 0.2) is 60.0 Å². The summed E-state index contributed by atoms with van der Waals surface area (Å²) in [6.45, 7) is 0. The molecule has 0 fully saturated rings. The number of allylic oxidation sites excluding steroid dienone is 2. The number of fused-ring (bicyclic) bond motifs is 1. The van der Waals surface area contributed by atoms with Crippen molar-refractivity contribution < 1.29 is 19.1 Å². The maximum absolute atomic E-state index is 12.5. The number of benzene rings is 1. The van der Waals surface area contributed by atoms with Crippen LogP contribution >= 0.6 is 0 Å². The minimum atomic E-state index is -0.629. The zero-order valence-electron chi connectivity index (χ0n) is 16.3. The minimum absolute atomic E-state index is 0.0951. The molecule has 0 atom stereocenters. The quantitative estimate of drug-likeness (QED) is 0.807. The third-order valence-corrected chi connectivity index (χ3v) is 5.11. The Morgan fingerprint density at radius 3 is 2.52 bits per heavy atom. The van der Waals surface area contributed by atoms with E-state index in [1.807, 2.05) is 24.3 Å². The van der Waals surface area contributed by atoms with E-state index in [0.29, 0.717) is 5.69 Å². The van der Waals surface area contributed by atoms with Gasteiger partial charge in [-0.05, 0) is 43.5 Å². The van der Waals surface area contributed by atoms with Crippen LogP contribution in [-0.4, -0.2) is 36.4 Å². The molecule has 0 saturated heterocycles. The molecule has 29 heavy (non-hydrogen) atoms. The second-order valence-corrected chi connectivity index (χ2v) is 6.75. The standard InChI is InChI=1S/C22H21N3O4/c1-28-21(26)17-6-3-4-13-25(20(17)22(27)29-2)15-11-9-14(10-12-15)19-16-7-5-8-18(16)23-24-19/h3-4,6,9-13H,5,7-8H2,1-2H3,(H,23,24). The molecule has 4 rings (SSSR count). The molecule has 0 spiro atoms. The Hall–Kier alpha value is -3.61. The Morgan fingerprint density at radius 2 is 1.79 bits per heavy atom. The number of esters is 2. The van der Waals surface area contributed by atoms with Crippen LogP contribution in [0.1, 0.15) is 17.7 Å². The van der Waals surface area contributed by atoms with E-state index < -0.39 is 11.9 Å². The maximum Gasteiger partial charge on any atom is 0.355 e. The average molecular weight is 391 g/mol. The van der Waals surface area contributed by atoms with Gasteiger partial charge in [0.2, 0.25) is 0 Å². The molecule has 0 unspecified atom stereocenters. The highest BCUT2D eigenvalue weighted by Crippen LogP contribution is 2.32. The molecule has 0 amide bonds. The van der Waals surface area contributed by atoms with Crippen molar-refractivity contribution in [2.45, 2.75) is 19.3 Å². The molecule has 0 bridgehead atoms. The summed E-state index contributed by atoms with van der Waals surface area (Å²) in [6.07, 6.45) is 9.88. The maximum atomic E-state index is 12.5. The van der Waals surface area contributed by atoms with Crippen molar-refractivity contribution in [2.24, 2.45) is 0 Å². The van der Waals surface area contributed by atoms with Gasteiger partial charge in [0.05, 0.1) is 25.5 Å². The average Bonchev–Trinajstić information content (AvgIpc) is 3.30. The summed E-state index contributed by atoms with van der Waals surface area (Å²) in [5, 5.41) is 7.59. The largest absolute Gasteiger partial charge is 0.465 e. The van der Waals surface area contributed by atoms with Crippen LogP contribution in [0.2, 0.25) is 0 Å². The number of carbonyl (C=O) groups is 2. The van der Waals surface area contributed by atoms with Crippen molar-refractivity contribution in [3.8, 4) is 11.3 Å². The number of rotatable bonds is 4. The fourth-order valence-corrected chi connectivity index (χ4v) is 3.70. The lowest BCUT2D eigenvalue weighted by atomic mass is 10.1. The summed E-state index contributed by atoms with van der Waals surface area (Å²) < 4.78 is 9.77. The van der Waals surface area contributed by atoms with Crippen molar-refractivity contribution in [1.82, 2.24) is 10.2 Å². The summed E-state index contributed by atoms with van der Waals surface area (Å²) in [6, 6.07) is 7.70. The Morgan fingerprint density at radius 1 is 1.03 bits per heavy atom. The van der Waals surface area contributed by atoms with E-state index >= 15 is 0 Å². The zero-order valence-corrected chi connectivity index (χ0v) is 16.3. The molecule has 2 aliphatic rings. The molecule has 1 aromatic carbocycles. The Kier molecular flexibility index (Phi) is 5.03. The predicted molar refractivity (Wildman–Crippen MR) is 108 cm³/mol. The highest BCUT2D eigenvalue weighted by Gasteiger charge is 2.27. The number of nitrogens with zero attached hydrogens (tertiary/aromatic N) is 2. The van der Waals surface area contributed by atoms with Gasteiger partial charge in [-0.25, -0.2) is 9.59 Å². The first-order chi connectivity index (χ1) is 14.1. The van der Waals surface area contributed by atoms with E-state index in [4.69, 9.17) is 9.47 Å². The van der Waals surface area contributed by atoms with Crippen molar-refractivity contribution >= 4 is 17.6 Å².